The second-order valence-corrected chi connectivity index (χ2v) is 4.86. The summed E-state index contributed by atoms with van der Waals surface area (Å²) in [6, 6.07) is 16.6. The molecule has 1 N–H and O–H groups in total. The summed E-state index contributed by atoms with van der Waals surface area (Å²) in [5.74, 6) is -0.150. The van der Waals surface area contributed by atoms with Crippen molar-refractivity contribution in [2.45, 2.75) is 0 Å². The van der Waals surface area contributed by atoms with E-state index >= 15 is 0 Å². The number of benzene rings is 2. The third-order valence-corrected chi connectivity index (χ3v) is 3.53. The number of carboxylic acids is 1. The molecular formula is C18H15NO3. The minimum atomic E-state index is -0.935. The fourth-order valence-electron chi connectivity index (χ4n) is 2.39. The molecule has 22 heavy (non-hydrogen) atoms. The molecule has 2 aromatic carbocycles. The van der Waals surface area contributed by atoms with Gasteiger partial charge in [-0.15, -0.1) is 0 Å². The molecule has 3 aromatic rings. The second-order valence-electron chi connectivity index (χ2n) is 4.86. The van der Waals surface area contributed by atoms with Gasteiger partial charge in [0.25, 0.3) is 0 Å². The van der Waals surface area contributed by atoms with Gasteiger partial charge in [-0.1, -0.05) is 18.2 Å². The van der Waals surface area contributed by atoms with Gasteiger partial charge < -0.3 is 14.4 Å². The van der Waals surface area contributed by atoms with Crippen LogP contribution in [0.4, 0.5) is 0 Å². The van der Waals surface area contributed by atoms with E-state index in [0.29, 0.717) is 0 Å². The lowest BCUT2D eigenvalue weighted by molar-refractivity contribution is 0.0697. The van der Waals surface area contributed by atoms with Crippen molar-refractivity contribution in [2.24, 2.45) is 0 Å². The van der Waals surface area contributed by atoms with Crippen molar-refractivity contribution in [1.82, 2.24) is 4.57 Å². The molecule has 1 heterocycles. The van der Waals surface area contributed by atoms with Crippen LogP contribution in [0.3, 0.4) is 0 Å². The van der Waals surface area contributed by atoms with Crippen LogP contribution >= 0.6 is 0 Å². The monoisotopic (exact) mass is 293 g/mol. The minimum Gasteiger partial charge on any atom is -0.497 e. The Morgan fingerprint density at radius 1 is 1.05 bits per heavy atom. The number of hydrogen-bond acceptors (Lipinski definition) is 2. The van der Waals surface area contributed by atoms with Gasteiger partial charge in [0.15, 0.2) is 0 Å². The third-order valence-electron chi connectivity index (χ3n) is 3.53. The summed E-state index contributed by atoms with van der Waals surface area (Å²) < 4.78 is 7.08. The molecule has 0 saturated heterocycles. The Kier molecular flexibility index (Phi) is 3.66. The molecule has 0 aliphatic carbocycles. The van der Waals surface area contributed by atoms with Crippen LogP contribution in [0.5, 0.6) is 5.75 Å². The molecule has 1 aromatic heterocycles. The maximum atomic E-state index is 11.2. The molecule has 0 saturated carbocycles. The number of carboxylic acid groups (broad SMARTS) is 1. The van der Waals surface area contributed by atoms with Crippen LogP contribution in [0.25, 0.3) is 16.8 Å². The van der Waals surface area contributed by atoms with Gasteiger partial charge in [-0.05, 0) is 42.0 Å². The molecule has 0 radical (unpaired) electrons. The highest BCUT2D eigenvalue weighted by Crippen LogP contribution is 2.29. The Hall–Kier alpha value is -3.01. The zero-order valence-corrected chi connectivity index (χ0v) is 12.1. The number of hydrogen-bond donors (Lipinski definition) is 1. The molecule has 0 fully saturated rings. The molecule has 110 valence electrons. The Bertz CT molecular complexity index is 790. The first kappa shape index (κ1) is 13.9. The average Bonchev–Trinajstić information content (AvgIpc) is 3.08. The van der Waals surface area contributed by atoms with Crippen LogP contribution in [-0.4, -0.2) is 22.8 Å². The molecule has 0 unspecified atom stereocenters. The first-order chi connectivity index (χ1) is 10.7. The fraction of sp³-hybridized carbons (Fsp3) is 0.0556. The SMILES string of the molecule is COc1ccc(-c2ccc(C(=O)O)cc2-n2cccc2)cc1. The maximum Gasteiger partial charge on any atom is 0.335 e. The van der Waals surface area contributed by atoms with Crippen molar-refractivity contribution in [3.63, 3.8) is 0 Å². The highest BCUT2D eigenvalue weighted by atomic mass is 16.5. The minimum absolute atomic E-state index is 0.265. The summed E-state index contributed by atoms with van der Waals surface area (Å²) in [7, 11) is 1.63. The van der Waals surface area contributed by atoms with E-state index in [1.807, 2.05) is 59.4 Å². The Morgan fingerprint density at radius 3 is 2.32 bits per heavy atom. The summed E-state index contributed by atoms with van der Waals surface area (Å²) in [4.78, 5) is 11.2. The summed E-state index contributed by atoms with van der Waals surface area (Å²) in [5.41, 5.74) is 3.06. The molecule has 0 amide bonds. The molecule has 0 bridgehead atoms. The average molecular weight is 293 g/mol. The van der Waals surface area contributed by atoms with Gasteiger partial charge in [0.1, 0.15) is 5.75 Å². The van der Waals surface area contributed by atoms with Crippen LogP contribution in [0.15, 0.2) is 67.0 Å². The maximum absolute atomic E-state index is 11.2. The summed E-state index contributed by atoms with van der Waals surface area (Å²) >= 11 is 0. The van der Waals surface area contributed by atoms with E-state index in [9.17, 15) is 9.90 Å². The van der Waals surface area contributed by atoms with E-state index < -0.39 is 5.97 Å². The lowest BCUT2D eigenvalue weighted by atomic mass is 10.0. The number of ether oxygens (including phenoxy) is 1. The van der Waals surface area contributed by atoms with E-state index in [4.69, 9.17) is 4.74 Å². The van der Waals surface area contributed by atoms with Gasteiger partial charge in [0.2, 0.25) is 0 Å². The van der Waals surface area contributed by atoms with Crippen molar-refractivity contribution in [1.29, 1.82) is 0 Å². The number of methoxy groups -OCH3 is 1. The Morgan fingerprint density at radius 2 is 1.73 bits per heavy atom. The van der Waals surface area contributed by atoms with Crippen LogP contribution in [0.2, 0.25) is 0 Å². The van der Waals surface area contributed by atoms with E-state index in [0.717, 1.165) is 22.6 Å². The molecule has 4 nitrogen and oxygen atoms in total. The Labute approximate surface area is 128 Å². The predicted octanol–water partition coefficient (Wildman–Crippen LogP) is 3.85. The Balaban J connectivity index is 2.15. The number of carbonyl (C=O) groups is 1. The van der Waals surface area contributed by atoms with E-state index in [-0.39, 0.29) is 5.56 Å². The molecule has 3 rings (SSSR count). The topological polar surface area (TPSA) is 51.5 Å². The summed E-state index contributed by atoms with van der Waals surface area (Å²) in [6.45, 7) is 0. The number of nitrogens with zero attached hydrogens (tertiary/aromatic N) is 1. The lowest BCUT2D eigenvalue weighted by Gasteiger charge is -2.12. The quantitative estimate of drug-likeness (QED) is 0.795. The smallest absolute Gasteiger partial charge is 0.335 e. The highest BCUT2D eigenvalue weighted by Gasteiger charge is 2.11. The van der Waals surface area contributed by atoms with Crippen molar-refractivity contribution in [2.75, 3.05) is 7.11 Å². The van der Waals surface area contributed by atoms with Gasteiger partial charge in [0.05, 0.1) is 18.4 Å². The van der Waals surface area contributed by atoms with Crippen LogP contribution in [-0.2, 0) is 0 Å². The van der Waals surface area contributed by atoms with Gasteiger partial charge >= 0.3 is 5.97 Å². The zero-order valence-electron chi connectivity index (χ0n) is 12.1. The van der Waals surface area contributed by atoms with E-state index in [1.165, 1.54) is 0 Å². The van der Waals surface area contributed by atoms with Gasteiger partial charge in [-0.2, -0.15) is 0 Å². The van der Waals surface area contributed by atoms with Crippen LogP contribution in [0.1, 0.15) is 10.4 Å². The van der Waals surface area contributed by atoms with Gasteiger partial charge in [-0.3, -0.25) is 0 Å². The molecule has 4 heteroatoms. The molecular weight excluding hydrogens is 278 g/mol. The predicted molar refractivity (Wildman–Crippen MR) is 84.7 cm³/mol. The molecule has 0 aliphatic heterocycles. The standard InChI is InChI=1S/C18H15NO3/c1-22-15-7-4-13(5-8-15)16-9-6-14(18(20)21)12-17(16)19-10-2-3-11-19/h2-12H,1H3,(H,20,21). The summed E-state index contributed by atoms with van der Waals surface area (Å²) in [6.07, 6.45) is 3.79. The first-order valence-electron chi connectivity index (χ1n) is 6.84. The van der Waals surface area contributed by atoms with Crippen molar-refractivity contribution >= 4 is 5.97 Å². The third kappa shape index (κ3) is 2.59. The highest BCUT2D eigenvalue weighted by molar-refractivity contribution is 5.90. The van der Waals surface area contributed by atoms with Crippen molar-refractivity contribution in [3.8, 4) is 22.6 Å². The fourth-order valence-corrected chi connectivity index (χ4v) is 2.39. The van der Waals surface area contributed by atoms with Crippen LogP contribution < -0.4 is 4.74 Å². The van der Waals surface area contributed by atoms with E-state index in [1.54, 1.807) is 19.2 Å². The summed E-state index contributed by atoms with van der Waals surface area (Å²) in [5, 5.41) is 9.21. The second kappa shape index (κ2) is 5.77. The van der Waals surface area contributed by atoms with Crippen molar-refractivity contribution in [3.05, 3.63) is 72.6 Å². The zero-order chi connectivity index (χ0) is 15.5. The van der Waals surface area contributed by atoms with E-state index in [2.05, 4.69) is 0 Å². The number of aromatic carboxylic acids is 1. The molecule has 0 atom stereocenters. The molecule has 0 spiro atoms. The van der Waals surface area contributed by atoms with Crippen LogP contribution in [0, 0.1) is 0 Å². The number of rotatable bonds is 4. The number of aromatic nitrogens is 1. The molecule has 0 aliphatic rings. The van der Waals surface area contributed by atoms with Gasteiger partial charge in [-0.25, -0.2) is 4.79 Å². The largest absolute Gasteiger partial charge is 0.497 e. The van der Waals surface area contributed by atoms with Gasteiger partial charge in [0, 0.05) is 18.0 Å². The normalized spacial score (nSPS) is 10.4. The first-order valence-corrected chi connectivity index (χ1v) is 6.84. The van der Waals surface area contributed by atoms with Crippen molar-refractivity contribution < 1.29 is 14.6 Å². The lowest BCUT2D eigenvalue weighted by Crippen LogP contribution is -2.01.